The summed E-state index contributed by atoms with van der Waals surface area (Å²) in [5.74, 6) is 0. The van der Waals surface area contributed by atoms with Crippen LogP contribution in [0.5, 0.6) is 0 Å². The molecule has 0 aliphatic rings. The lowest BCUT2D eigenvalue weighted by Gasteiger charge is -2.17. The average molecular weight is 316 g/mol. The first-order chi connectivity index (χ1) is 10.8. The number of allylic oxidation sites excluding steroid dienone is 1. The van der Waals surface area contributed by atoms with Gasteiger partial charge in [0.05, 0.1) is 5.56 Å². The largest absolute Gasteiger partial charge is 0.416 e. The molecule has 0 amide bonds. The summed E-state index contributed by atoms with van der Waals surface area (Å²) in [6, 6.07) is 13.6. The topological polar surface area (TPSA) is 0 Å². The molecule has 0 fully saturated rings. The lowest BCUT2D eigenvalue weighted by atomic mass is 9.37. The summed E-state index contributed by atoms with van der Waals surface area (Å²) in [6.45, 7) is 7.72. The van der Waals surface area contributed by atoms with Crippen LogP contribution in [-0.2, 0) is 12.6 Å². The Morgan fingerprint density at radius 3 is 2.22 bits per heavy atom. The van der Waals surface area contributed by atoms with Gasteiger partial charge in [-0.25, -0.2) is 0 Å². The molecule has 0 saturated carbocycles. The van der Waals surface area contributed by atoms with Gasteiger partial charge in [0, 0.05) is 0 Å². The molecule has 0 unspecified atom stereocenters. The van der Waals surface area contributed by atoms with E-state index >= 15 is 0 Å². The highest BCUT2D eigenvalue weighted by molar-refractivity contribution is 6.90. The first kappa shape index (κ1) is 17.4. The molecule has 2 rings (SSSR count). The third-order valence-electron chi connectivity index (χ3n) is 3.89. The molecule has 0 N–H and O–H groups in total. The van der Waals surface area contributed by atoms with Gasteiger partial charge < -0.3 is 0 Å². The monoisotopic (exact) mass is 316 g/mol. The standard InChI is InChI=1S/C19H20BF3/c1-4-6-15-9-11-17(12-10-15)20(14(2)3)18-8-5-7-16(13-18)19(21,22)23/h5,7-13H,2,4,6H2,1,3H3. The quantitative estimate of drug-likeness (QED) is 0.718. The minimum atomic E-state index is -4.33. The fraction of sp³-hybridized carbons (Fsp3) is 0.263. The van der Waals surface area contributed by atoms with Gasteiger partial charge in [-0.3, -0.25) is 0 Å². The molecular weight excluding hydrogens is 296 g/mol. The Morgan fingerprint density at radius 1 is 1.04 bits per heavy atom. The first-order valence-corrected chi connectivity index (χ1v) is 7.74. The maximum Gasteiger partial charge on any atom is 0.416 e. The Labute approximate surface area is 136 Å². The summed E-state index contributed by atoms with van der Waals surface area (Å²) in [4.78, 5) is 0. The van der Waals surface area contributed by atoms with Crippen molar-refractivity contribution in [3.8, 4) is 0 Å². The molecule has 0 bridgehead atoms. The third-order valence-corrected chi connectivity index (χ3v) is 3.89. The van der Waals surface area contributed by atoms with Crippen LogP contribution in [0.2, 0.25) is 0 Å². The van der Waals surface area contributed by atoms with Gasteiger partial charge >= 0.3 is 6.18 Å². The Morgan fingerprint density at radius 2 is 1.70 bits per heavy atom. The van der Waals surface area contributed by atoms with Crippen molar-refractivity contribution in [2.75, 3.05) is 0 Å². The number of hydrogen-bond donors (Lipinski definition) is 0. The first-order valence-electron chi connectivity index (χ1n) is 7.74. The molecule has 0 heterocycles. The Bertz CT molecular complexity index is 672. The molecule has 0 aliphatic heterocycles. The fourth-order valence-corrected chi connectivity index (χ4v) is 2.82. The van der Waals surface area contributed by atoms with Crippen molar-refractivity contribution in [2.24, 2.45) is 0 Å². The van der Waals surface area contributed by atoms with Gasteiger partial charge in [-0.2, -0.15) is 13.2 Å². The van der Waals surface area contributed by atoms with Crippen LogP contribution in [-0.4, -0.2) is 6.71 Å². The molecule has 120 valence electrons. The van der Waals surface area contributed by atoms with Crippen molar-refractivity contribution in [1.29, 1.82) is 0 Å². The van der Waals surface area contributed by atoms with Gasteiger partial charge in [0.1, 0.15) is 0 Å². The van der Waals surface area contributed by atoms with E-state index in [4.69, 9.17) is 0 Å². The third kappa shape index (κ3) is 4.28. The zero-order valence-electron chi connectivity index (χ0n) is 13.5. The van der Waals surface area contributed by atoms with Gasteiger partial charge in [-0.05, 0) is 12.0 Å². The molecular formula is C19H20BF3. The van der Waals surface area contributed by atoms with Crippen molar-refractivity contribution >= 4 is 17.6 Å². The summed E-state index contributed by atoms with van der Waals surface area (Å²) in [6.07, 6.45) is -2.26. The van der Waals surface area contributed by atoms with Crippen LogP contribution < -0.4 is 10.9 Å². The Balaban J connectivity index is 2.41. The van der Waals surface area contributed by atoms with Crippen molar-refractivity contribution < 1.29 is 13.2 Å². The number of halogens is 3. The van der Waals surface area contributed by atoms with E-state index in [0.29, 0.717) is 5.46 Å². The number of alkyl halides is 3. The zero-order chi connectivity index (χ0) is 17.0. The second kappa shape index (κ2) is 7.07. The van der Waals surface area contributed by atoms with Crippen LogP contribution in [0.3, 0.4) is 0 Å². The zero-order valence-corrected chi connectivity index (χ0v) is 13.5. The van der Waals surface area contributed by atoms with Crippen molar-refractivity contribution in [3.05, 3.63) is 71.7 Å². The van der Waals surface area contributed by atoms with Crippen LogP contribution >= 0.6 is 0 Å². The predicted octanol–water partition coefficient (Wildman–Crippen LogP) is 4.38. The maximum atomic E-state index is 13.0. The number of aryl methyl sites for hydroxylation is 1. The van der Waals surface area contributed by atoms with Gasteiger partial charge in [0.2, 0.25) is 6.71 Å². The average Bonchev–Trinajstić information content (AvgIpc) is 2.49. The van der Waals surface area contributed by atoms with Gasteiger partial charge in [0.25, 0.3) is 0 Å². The van der Waals surface area contributed by atoms with Crippen molar-refractivity contribution in [2.45, 2.75) is 32.9 Å². The maximum absolute atomic E-state index is 13.0. The van der Waals surface area contributed by atoms with E-state index in [-0.39, 0.29) is 6.71 Å². The van der Waals surface area contributed by atoms with Crippen molar-refractivity contribution in [3.63, 3.8) is 0 Å². The van der Waals surface area contributed by atoms with Crippen LogP contribution in [0.25, 0.3) is 0 Å². The molecule has 4 heteroatoms. The molecule has 0 nitrogen and oxygen atoms in total. The lowest BCUT2D eigenvalue weighted by molar-refractivity contribution is -0.137. The normalized spacial score (nSPS) is 11.3. The Hall–Kier alpha value is -1.97. The van der Waals surface area contributed by atoms with E-state index in [1.54, 1.807) is 6.07 Å². The Kier molecular flexibility index (Phi) is 5.35. The SMILES string of the molecule is C=C(C)B(c1ccc(CCC)cc1)c1cccc(C(F)(F)F)c1. The van der Waals surface area contributed by atoms with Gasteiger partial charge in [0.15, 0.2) is 0 Å². The molecule has 0 spiro atoms. The summed E-state index contributed by atoms with van der Waals surface area (Å²) in [5, 5.41) is 0. The highest BCUT2D eigenvalue weighted by atomic mass is 19.4. The minimum Gasteiger partial charge on any atom is -0.166 e. The summed E-state index contributed by atoms with van der Waals surface area (Å²) >= 11 is 0. The molecule has 0 atom stereocenters. The van der Waals surface area contributed by atoms with E-state index in [0.717, 1.165) is 29.8 Å². The highest BCUT2D eigenvalue weighted by Crippen LogP contribution is 2.28. The molecule has 23 heavy (non-hydrogen) atoms. The molecule has 0 aliphatic carbocycles. The second-order valence-electron chi connectivity index (χ2n) is 5.89. The summed E-state index contributed by atoms with van der Waals surface area (Å²) < 4.78 is 38.9. The molecule has 0 radical (unpaired) electrons. The summed E-state index contributed by atoms with van der Waals surface area (Å²) in [5.41, 5.74) is 3.03. The fourth-order valence-electron chi connectivity index (χ4n) is 2.82. The van der Waals surface area contributed by atoms with E-state index in [1.807, 2.05) is 31.2 Å². The number of hydrogen-bond acceptors (Lipinski definition) is 0. The van der Waals surface area contributed by atoms with E-state index < -0.39 is 11.7 Å². The van der Waals surface area contributed by atoms with Crippen LogP contribution in [0.1, 0.15) is 31.4 Å². The summed E-state index contributed by atoms with van der Waals surface area (Å²) in [7, 11) is 0. The van der Waals surface area contributed by atoms with E-state index in [2.05, 4.69) is 13.5 Å². The van der Waals surface area contributed by atoms with Crippen LogP contribution in [0.15, 0.2) is 60.6 Å². The number of rotatable bonds is 5. The van der Waals surface area contributed by atoms with Gasteiger partial charge in [-0.15, -0.1) is 12.1 Å². The minimum absolute atomic E-state index is 0.229. The van der Waals surface area contributed by atoms with Crippen LogP contribution in [0.4, 0.5) is 13.2 Å². The molecule has 0 aromatic heterocycles. The van der Waals surface area contributed by atoms with Crippen LogP contribution in [0, 0.1) is 0 Å². The highest BCUT2D eigenvalue weighted by Gasteiger charge is 2.31. The lowest BCUT2D eigenvalue weighted by Crippen LogP contribution is -2.43. The molecule has 2 aromatic carbocycles. The molecule has 0 saturated heterocycles. The molecule has 2 aromatic rings. The van der Waals surface area contributed by atoms with Crippen molar-refractivity contribution in [1.82, 2.24) is 0 Å². The number of benzene rings is 2. The van der Waals surface area contributed by atoms with E-state index in [1.165, 1.54) is 17.7 Å². The second-order valence-corrected chi connectivity index (χ2v) is 5.89. The smallest absolute Gasteiger partial charge is 0.166 e. The predicted molar refractivity (Wildman–Crippen MR) is 91.7 cm³/mol. The van der Waals surface area contributed by atoms with E-state index in [9.17, 15) is 13.2 Å². The van der Waals surface area contributed by atoms with Gasteiger partial charge in [-0.1, -0.05) is 79.7 Å².